The molecule has 2 atom stereocenters. The Morgan fingerprint density at radius 1 is 1.40 bits per heavy atom. The summed E-state index contributed by atoms with van der Waals surface area (Å²) < 4.78 is 5.38. The van der Waals surface area contributed by atoms with E-state index in [0.29, 0.717) is 31.1 Å². The quantitative estimate of drug-likeness (QED) is 0.814. The molecule has 3 N–H and O–H groups in total. The SMILES string of the molecule is CCSC1CCCC(NC(=O)C2(CN)CCOCC2)C1. The molecule has 0 radical (unpaired) electrons. The number of hydrogen-bond donors (Lipinski definition) is 2. The van der Waals surface area contributed by atoms with Gasteiger partial charge in [-0.05, 0) is 37.9 Å². The zero-order valence-corrected chi connectivity index (χ0v) is 13.3. The van der Waals surface area contributed by atoms with E-state index in [1.165, 1.54) is 12.8 Å². The van der Waals surface area contributed by atoms with E-state index < -0.39 is 0 Å². The number of nitrogens with one attached hydrogen (secondary N) is 1. The van der Waals surface area contributed by atoms with Gasteiger partial charge in [0, 0.05) is 31.1 Å². The highest BCUT2D eigenvalue weighted by atomic mass is 32.2. The number of amides is 1. The molecule has 2 unspecified atom stereocenters. The Hall–Kier alpha value is -0.260. The van der Waals surface area contributed by atoms with Crippen LogP contribution in [0.1, 0.15) is 45.4 Å². The van der Waals surface area contributed by atoms with Gasteiger partial charge in [0.15, 0.2) is 0 Å². The Morgan fingerprint density at radius 3 is 2.80 bits per heavy atom. The summed E-state index contributed by atoms with van der Waals surface area (Å²) in [5, 5.41) is 3.99. The minimum absolute atomic E-state index is 0.162. The fourth-order valence-electron chi connectivity index (χ4n) is 3.29. The average molecular weight is 300 g/mol. The first-order valence-corrected chi connectivity index (χ1v) is 8.95. The van der Waals surface area contributed by atoms with Crippen molar-refractivity contribution in [2.75, 3.05) is 25.5 Å². The highest BCUT2D eigenvalue weighted by molar-refractivity contribution is 7.99. The number of ether oxygens (including phenoxy) is 1. The van der Waals surface area contributed by atoms with Crippen molar-refractivity contribution in [1.82, 2.24) is 5.32 Å². The maximum atomic E-state index is 12.6. The first kappa shape index (κ1) is 16.1. The number of carbonyl (C=O) groups excluding carboxylic acids is 1. The molecule has 1 aliphatic heterocycles. The van der Waals surface area contributed by atoms with Gasteiger partial charge in [0.25, 0.3) is 0 Å². The standard InChI is InChI=1S/C15H28N2O2S/c1-2-20-13-5-3-4-12(10-13)17-14(18)15(11-16)6-8-19-9-7-15/h12-13H,2-11,16H2,1H3,(H,17,18). The van der Waals surface area contributed by atoms with E-state index in [1.807, 2.05) is 11.8 Å². The van der Waals surface area contributed by atoms with Crippen LogP contribution in [-0.2, 0) is 9.53 Å². The van der Waals surface area contributed by atoms with Crippen LogP contribution in [0.2, 0.25) is 0 Å². The monoisotopic (exact) mass is 300 g/mol. The molecule has 0 spiro atoms. The second kappa shape index (κ2) is 7.66. The fourth-order valence-corrected chi connectivity index (χ4v) is 4.46. The molecule has 20 heavy (non-hydrogen) atoms. The van der Waals surface area contributed by atoms with Crippen molar-refractivity contribution in [2.24, 2.45) is 11.1 Å². The predicted octanol–water partition coefficient (Wildman–Crippen LogP) is 1.92. The summed E-state index contributed by atoms with van der Waals surface area (Å²) in [5.41, 5.74) is 5.51. The molecular formula is C15H28N2O2S. The Labute approximate surface area is 126 Å². The van der Waals surface area contributed by atoms with Crippen molar-refractivity contribution in [1.29, 1.82) is 0 Å². The lowest BCUT2D eigenvalue weighted by Crippen LogP contribution is -2.52. The van der Waals surface area contributed by atoms with Crippen LogP contribution in [0, 0.1) is 5.41 Å². The van der Waals surface area contributed by atoms with Crippen LogP contribution in [0.25, 0.3) is 0 Å². The average Bonchev–Trinajstić information content (AvgIpc) is 2.48. The fraction of sp³-hybridized carbons (Fsp3) is 0.933. The largest absolute Gasteiger partial charge is 0.381 e. The third-order valence-electron chi connectivity index (χ3n) is 4.69. The molecule has 4 nitrogen and oxygen atoms in total. The van der Waals surface area contributed by atoms with Gasteiger partial charge in [0.05, 0.1) is 5.41 Å². The van der Waals surface area contributed by atoms with Crippen molar-refractivity contribution in [3.63, 3.8) is 0 Å². The molecule has 1 amide bonds. The first-order chi connectivity index (χ1) is 9.70. The van der Waals surface area contributed by atoms with Gasteiger partial charge < -0.3 is 15.8 Å². The van der Waals surface area contributed by atoms with E-state index in [-0.39, 0.29) is 11.3 Å². The van der Waals surface area contributed by atoms with Gasteiger partial charge in [-0.15, -0.1) is 0 Å². The first-order valence-electron chi connectivity index (χ1n) is 7.90. The van der Waals surface area contributed by atoms with E-state index in [2.05, 4.69) is 12.2 Å². The number of carbonyl (C=O) groups is 1. The molecule has 2 fully saturated rings. The number of hydrogen-bond acceptors (Lipinski definition) is 4. The van der Waals surface area contributed by atoms with E-state index in [1.54, 1.807) is 0 Å². The van der Waals surface area contributed by atoms with Crippen LogP contribution in [0.5, 0.6) is 0 Å². The molecule has 2 rings (SSSR count). The molecule has 116 valence electrons. The van der Waals surface area contributed by atoms with Crippen molar-refractivity contribution < 1.29 is 9.53 Å². The Bertz CT molecular complexity index is 317. The smallest absolute Gasteiger partial charge is 0.227 e. The van der Waals surface area contributed by atoms with Gasteiger partial charge >= 0.3 is 0 Å². The third kappa shape index (κ3) is 3.89. The lowest BCUT2D eigenvalue weighted by Gasteiger charge is -2.37. The summed E-state index contributed by atoms with van der Waals surface area (Å²) in [5.74, 6) is 1.32. The topological polar surface area (TPSA) is 64.4 Å². The molecule has 0 aromatic heterocycles. The molecule has 2 aliphatic rings. The Balaban J connectivity index is 1.89. The molecule has 1 saturated heterocycles. The van der Waals surface area contributed by atoms with Crippen LogP contribution in [0.15, 0.2) is 0 Å². The van der Waals surface area contributed by atoms with Gasteiger partial charge in [0.1, 0.15) is 0 Å². The minimum atomic E-state index is -0.386. The van der Waals surface area contributed by atoms with Gasteiger partial charge in [-0.2, -0.15) is 11.8 Å². The van der Waals surface area contributed by atoms with E-state index in [0.717, 1.165) is 31.4 Å². The minimum Gasteiger partial charge on any atom is -0.381 e. The lowest BCUT2D eigenvalue weighted by molar-refractivity contribution is -0.136. The summed E-state index contributed by atoms with van der Waals surface area (Å²) in [6.45, 7) is 3.95. The zero-order chi connectivity index (χ0) is 14.4. The van der Waals surface area contributed by atoms with Gasteiger partial charge in [-0.25, -0.2) is 0 Å². The van der Waals surface area contributed by atoms with Crippen molar-refractivity contribution in [3.05, 3.63) is 0 Å². The second-order valence-corrected chi connectivity index (χ2v) is 7.59. The van der Waals surface area contributed by atoms with E-state index >= 15 is 0 Å². The van der Waals surface area contributed by atoms with Crippen molar-refractivity contribution >= 4 is 17.7 Å². The molecule has 5 heteroatoms. The Kier molecular flexibility index (Phi) is 6.18. The summed E-state index contributed by atoms with van der Waals surface area (Å²) in [6, 6.07) is 0.339. The van der Waals surface area contributed by atoms with Crippen LogP contribution in [0.4, 0.5) is 0 Å². The van der Waals surface area contributed by atoms with Gasteiger partial charge in [-0.3, -0.25) is 4.79 Å². The Morgan fingerprint density at radius 2 is 2.15 bits per heavy atom. The normalized spacial score (nSPS) is 29.9. The maximum Gasteiger partial charge on any atom is 0.227 e. The molecule has 0 bridgehead atoms. The van der Waals surface area contributed by atoms with E-state index in [9.17, 15) is 4.79 Å². The zero-order valence-electron chi connectivity index (χ0n) is 12.5. The van der Waals surface area contributed by atoms with Crippen LogP contribution in [-0.4, -0.2) is 42.7 Å². The third-order valence-corrected chi connectivity index (χ3v) is 5.92. The van der Waals surface area contributed by atoms with Crippen molar-refractivity contribution in [2.45, 2.75) is 56.7 Å². The van der Waals surface area contributed by atoms with Crippen LogP contribution >= 0.6 is 11.8 Å². The number of thioether (sulfide) groups is 1. The van der Waals surface area contributed by atoms with Crippen LogP contribution in [0.3, 0.4) is 0 Å². The van der Waals surface area contributed by atoms with Crippen LogP contribution < -0.4 is 11.1 Å². The maximum absolute atomic E-state index is 12.6. The van der Waals surface area contributed by atoms with E-state index in [4.69, 9.17) is 10.5 Å². The number of nitrogens with two attached hydrogens (primary N) is 1. The van der Waals surface area contributed by atoms with Gasteiger partial charge in [0.2, 0.25) is 5.91 Å². The lowest BCUT2D eigenvalue weighted by atomic mass is 9.79. The predicted molar refractivity (Wildman–Crippen MR) is 83.9 cm³/mol. The van der Waals surface area contributed by atoms with Crippen molar-refractivity contribution in [3.8, 4) is 0 Å². The molecular weight excluding hydrogens is 272 g/mol. The molecule has 1 saturated carbocycles. The highest BCUT2D eigenvalue weighted by Crippen LogP contribution is 2.32. The molecule has 1 aliphatic carbocycles. The molecule has 0 aromatic carbocycles. The second-order valence-electron chi connectivity index (χ2n) is 6.01. The summed E-state index contributed by atoms with van der Waals surface area (Å²) >= 11 is 2.03. The summed E-state index contributed by atoms with van der Waals surface area (Å²) in [4.78, 5) is 12.6. The molecule has 0 aromatic rings. The van der Waals surface area contributed by atoms with Gasteiger partial charge in [-0.1, -0.05) is 13.3 Å². The summed E-state index contributed by atoms with van der Waals surface area (Å²) in [6.07, 6.45) is 6.26. The summed E-state index contributed by atoms with van der Waals surface area (Å²) in [7, 11) is 0. The number of rotatable bonds is 5. The molecule has 1 heterocycles. The highest BCUT2D eigenvalue weighted by Gasteiger charge is 2.39.